The second-order valence-electron chi connectivity index (χ2n) is 6.93. The van der Waals surface area contributed by atoms with Crippen molar-refractivity contribution in [1.82, 2.24) is 0 Å². The minimum atomic E-state index is -4.37. The molecule has 0 heterocycles. The Morgan fingerprint density at radius 1 is 0.931 bits per heavy atom. The van der Waals surface area contributed by atoms with E-state index in [1.54, 1.807) is 18.2 Å². The zero-order valence-corrected chi connectivity index (χ0v) is 16.6. The van der Waals surface area contributed by atoms with Crippen molar-refractivity contribution >= 4 is 11.6 Å². The molecule has 0 radical (unpaired) electrons. The summed E-state index contributed by atoms with van der Waals surface area (Å²) in [5.74, 6) is 0.745. The van der Waals surface area contributed by atoms with E-state index in [0.29, 0.717) is 23.3 Å². The van der Waals surface area contributed by atoms with Crippen molar-refractivity contribution in [2.24, 2.45) is 0 Å². The smallest absolute Gasteiger partial charge is 0.416 e. The Hall–Kier alpha value is -2.74. The van der Waals surface area contributed by atoms with Gasteiger partial charge in [-0.05, 0) is 60.0 Å². The first-order valence-electron chi connectivity index (χ1n) is 9.96. The van der Waals surface area contributed by atoms with Gasteiger partial charge >= 0.3 is 6.18 Å². The number of hydrogen-bond acceptors (Lipinski definition) is 2. The third-order valence-electron chi connectivity index (χ3n) is 4.60. The fourth-order valence-electron chi connectivity index (χ4n) is 2.92. The number of unbranched alkanes of at least 4 members (excludes halogenated alkanes) is 5. The molecule has 29 heavy (non-hydrogen) atoms. The molecule has 0 aromatic heterocycles. The van der Waals surface area contributed by atoms with Gasteiger partial charge in [0.15, 0.2) is 0 Å². The Kier molecular flexibility index (Phi) is 8.79. The molecule has 0 N–H and O–H groups in total. The van der Waals surface area contributed by atoms with Gasteiger partial charge in [0.2, 0.25) is 0 Å². The molecule has 0 atom stereocenters. The standard InChI is InChI=1S/C24H26F3NO/c1-2-3-4-5-6-7-16-29-23-14-10-20(11-15-23)21(18-28)17-19-8-12-22(13-9-19)24(25,26)27/h8-15,17H,2-7,16H2,1H3/b21-17+. The van der Waals surface area contributed by atoms with Crippen LogP contribution in [0.4, 0.5) is 13.2 Å². The van der Waals surface area contributed by atoms with Crippen LogP contribution < -0.4 is 4.74 Å². The van der Waals surface area contributed by atoms with Crippen LogP contribution >= 0.6 is 0 Å². The summed E-state index contributed by atoms with van der Waals surface area (Å²) in [7, 11) is 0. The van der Waals surface area contributed by atoms with Crippen LogP contribution in [0.2, 0.25) is 0 Å². The molecule has 0 unspecified atom stereocenters. The number of hydrogen-bond donors (Lipinski definition) is 0. The Morgan fingerprint density at radius 2 is 1.55 bits per heavy atom. The average molecular weight is 401 g/mol. The summed E-state index contributed by atoms with van der Waals surface area (Å²) in [5, 5.41) is 9.43. The molecular weight excluding hydrogens is 375 g/mol. The summed E-state index contributed by atoms with van der Waals surface area (Å²) in [6.45, 7) is 2.86. The Labute approximate surface area is 170 Å². The predicted molar refractivity (Wildman–Crippen MR) is 110 cm³/mol. The number of alkyl halides is 3. The molecule has 0 bridgehead atoms. The molecule has 154 valence electrons. The lowest BCUT2D eigenvalue weighted by Crippen LogP contribution is -2.03. The van der Waals surface area contributed by atoms with E-state index in [0.717, 1.165) is 30.7 Å². The predicted octanol–water partition coefficient (Wildman–Crippen LogP) is 7.51. The van der Waals surface area contributed by atoms with E-state index in [-0.39, 0.29) is 0 Å². The van der Waals surface area contributed by atoms with Crippen LogP contribution in [0.25, 0.3) is 11.6 Å². The minimum absolute atomic E-state index is 0.382. The maximum absolute atomic E-state index is 12.7. The summed E-state index contributed by atoms with van der Waals surface area (Å²) >= 11 is 0. The van der Waals surface area contributed by atoms with Gasteiger partial charge in [-0.1, -0.05) is 51.2 Å². The normalized spacial score (nSPS) is 11.9. The van der Waals surface area contributed by atoms with Crippen LogP contribution in [0.15, 0.2) is 48.5 Å². The van der Waals surface area contributed by atoms with Crippen LogP contribution in [0.1, 0.15) is 62.1 Å². The highest BCUT2D eigenvalue weighted by Gasteiger charge is 2.29. The molecule has 5 heteroatoms. The van der Waals surface area contributed by atoms with Crippen molar-refractivity contribution in [3.8, 4) is 11.8 Å². The largest absolute Gasteiger partial charge is 0.494 e. The summed E-state index contributed by atoms with van der Waals surface area (Å²) in [4.78, 5) is 0. The second-order valence-corrected chi connectivity index (χ2v) is 6.93. The van der Waals surface area contributed by atoms with Gasteiger partial charge in [-0.2, -0.15) is 18.4 Å². The maximum Gasteiger partial charge on any atom is 0.416 e. The van der Waals surface area contributed by atoms with Crippen LogP contribution in [0.3, 0.4) is 0 Å². The van der Waals surface area contributed by atoms with Gasteiger partial charge in [-0.15, -0.1) is 0 Å². The number of nitriles is 1. The fourth-order valence-corrected chi connectivity index (χ4v) is 2.92. The van der Waals surface area contributed by atoms with Gasteiger partial charge < -0.3 is 4.74 Å². The van der Waals surface area contributed by atoms with E-state index in [4.69, 9.17) is 4.74 Å². The van der Waals surface area contributed by atoms with Gasteiger partial charge in [0.25, 0.3) is 0 Å². The first kappa shape index (κ1) is 22.5. The zero-order chi connectivity index (χ0) is 21.1. The van der Waals surface area contributed by atoms with Crippen molar-refractivity contribution < 1.29 is 17.9 Å². The highest BCUT2D eigenvalue weighted by molar-refractivity contribution is 5.89. The lowest BCUT2D eigenvalue weighted by atomic mass is 10.0. The van der Waals surface area contributed by atoms with E-state index >= 15 is 0 Å². The third-order valence-corrected chi connectivity index (χ3v) is 4.60. The van der Waals surface area contributed by atoms with Crippen LogP contribution in [0, 0.1) is 11.3 Å². The van der Waals surface area contributed by atoms with E-state index in [1.165, 1.54) is 37.8 Å². The number of rotatable bonds is 10. The van der Waals surface area contributed by atoms with Crippen LogP contribution in [-0.4, -0.2) is 6.61 Å². The molecule has 0 aliphatic heterocycles. The first-order chi connectivity index (χ1) is 13.9. The van der Waals surface area contributed by atoms with Crippen molar-refractivity contribution in [2.75, 3.05) is 6.61 Å². The molecular formula is C24H26F3NO. The van der Waals surface area contributed by atoms with Gasteiger partial charge in [0, 0.05) is 0 Å². The molecule has 0 amide bonds. The number of benzene rings is 2. The van der Waals surface area contributed by atoms with Crippen LogP contribution in [0.5, 0.6) is 5.75 Å². The van der Waals surface area contributed by atoms with Gasteiger partial charge in [-0.25, -0.2) is 0 Å². The zero-order valence-electron chi connectivity index (χ0n) is 16.6. The number of halogens is 3. The first-order valence-corrected chi connectivity index (χ1v) is 9.96. The SMILES string of the molecule is CCCCCCCCOc1ccc(/C(C#N)=C/c2ccc(C(F)(F)F)cc2)cc1. The Balaban J connectivity index is 1.93. The summed E-state index contributed by atoms with van der Waals surface area (Å²) in [5.41, 5.74) is 0.907. The molecule has 0 aliphatic carbocycles. The molecule has 0 aliphatic rings. The molecule has 0 fully saturated rings. The average Bonchev–Trinajstić information content (AvgIpc) is 2.71. The van der Waals surface area contributed by atoms with Gasteiger partial charge in [-0.3, -0.25) is 0 Å². The quantitative estimate of drug-likeness (QED) is 0.234. The number of ether oxygens (including phenoxy) is 1. The lowest BCUT2D eigenvalue weighted by Gasteiger charge is -2.08. The summed E-state index contributed by atoms with van der Waals surface area (Å²) < 4.78 is 43.7. The monoisotopic (exact) mass is 401 g/mol. The van der Waals surface area contributed by atoms with Crippen molar-refractivity contribution in [1.29, 1.82) is 5.26 Å². The van der Waals surface area contributed by atoms with Gasteiger partial charge in [0.05, 0.1) is 23.8 Å². The van der Waals surface area contributed by atoms with Crippen molar-refractivity contribution in [3.05, 3.63) is 65.2 Å². The maximum atomic E-state index is 12.7. The van der Waals surface area contributed by atoms with E-state index in [2.05, 4.69) is 13.0 Å². The molecule has 0 saturated heterocycles. The van der Waals surface area contributed by atoms with E-state index in [9.17, 15) is 18.4 Å². The molecule has 2 nitrogen and oxygen atoms in total. The minimum Gasteiger partial charge on any atom is -0.494 e. The van der Waals surface area contributed by atoms with Crippen molar-refractivity contribution in [3.63, 3.8) is 0 Å². The number of allylic oxidation sites excluding steroid dienone is 1. The topological polar surface area (TPSA) is 33.0 Å². The third kappa shape index (κ3) is 7.65. The number of nitrogens with zero attached hydrogens (tertiary/aromatic N) is 1. The Bertz CT molecular complexity index is 815. The molecule has 2 rings (SSSR count). The molecule has 2 aromatic carbocycles. The van der Waals surface area contributed by atoms with E-state index in [1.807, 2.05) is 12.1 Å². The Morgan fingerprint density at radius 3 is 2.14 bits per heavy atom. The summed E-state index contributed by atoms with van der Waals surface area (Å²) in [6, 6.07) is 14.0. The van der Waals surface area contributed by atoms with Gasteiger partial charge in [0.1, 0.15) is 5.75 Å². The van der Waals surface area contributed by atoms with Crippen molar-refractivity contribution in [2.45, 2.75) is 51.6 Å². The van der Waals surface area contributed by atoms with E-state index < -0.39 is 11.7 Å². The fraction of sp³-hybridized carbons (Fsp3) is 0.375. The second kappa shape index (κ2) is 11.3. The molecule has 2 aromatic rings. The highest BCUT2D eigenvalue weighted by Crippen LogP contribution is 2.29. The lowest BCUT2D eigenvalue weighted by molar-refractivity contribution is -0.137. The highest BCUT2D eigenvalue weighted by atomic mass is 19.4. The van der Waals surface area contributed by atoms with Crippen LogP contribution in [-0.2, 0) is 6.18 Å². The molecule has 0 spiro atoms. The summed E-state index contributed by atoms with van der Waals surface area (Å²) in [6.07, 6.45) is 4.40. The molecule has 0 saturated carbocycles.